The molecule has 5 rings (SSSR count). The predicted octanol–water partition coefficient (Wildman–Crippen LogP) is 6.80. The molecule has 1 amide bonds. The van der Waals surface area contributed by atoms with Gasteiger partial charge >= 0.3 is 0 Å². The number of nitrogen functional groups attached to an aromatic ring is 1. The molecule has 2 aromatic carbocycles. The van der Waals surface area contributed by atoms with Crippen molar-refractivity contribution in [3.8, 4) is 21.7 Å². The van der Waals surface area contributed by atoms with Crippen molar-refractivity contribution in [3.05, 3.63) is 88.6 Å². The Kier molecular flexibility index (Phi) is 5.16. The molecule has 0 saturated carbocycles. The van der Waals surface area contributed by atoms with Gasteiger partial charge < -0.3 is 11.1 Å². The SMILES string of the molecule is Nc1c(C(=O)Nc2ccc(F)cc2)sc2nc(-c3cccs3)cc(-c3ccc(F)cc3)c12. The highest BCUT2D eigenvalue weighted by Gasteiger charge is 2.22. The largest absolute Gasteiger partial charge is 0.397 e. The number of rotatable bonds is 4. The number of nitrogens with two attached hydrogens (primary N) is 1. The van der Waals surface area contributed by atoms with Gasteiger partial charge in [0.15, 0.2) is 0 Å². The lowest BCUT2D eigenvalue weighted by molar-refractivity contribution is 0.103. The maximum atomic E-state index is 13.5. The maximum Gasteiger partial charge on any atom is 0.267 e. The molecule has 3 N–H and O–H groups in total. The summed E-state index contributed by atoms with van der Waals surface area (Å²) < 4.78 is 26.7. The minimum atomic E-state index is -0.403. The number of hydrogen-bond acceptors (Lipinski definition) is 5. The first-order chi connectivity index (χ1) is 15.5. The number of nitrogens with one attached hydrogen (secondary N) is 1. The molecule has 0 radical (unpaired) electrons. The summed E-state index contributed by atoms with van der Waals surface area (Å²) in [6.07, 6.45) is 0. The first-order valence-corrected chi connectivity index (χ1v) is 11.3. The van der Waals surface area contributed by atoms with Crippen molar-refractivity contribution in [1.82, 2.24) is 4.98 Å². The van der Waals surface area contributed by atoms with E-state index in [4.69, 9.17) is 10.7 Å². The smallest absolute Gasteiger partial charge is 0.267 e. The number of halogens is 2. The molecule has 32 heavy (non-hydrogen) atoms. The Morgan fingerprint density at radius 3 is 2.31 bits per heavy atom. The van der Waals surface area contributed by atoms with E-state index in [0.29, 0.717) is 26.5 Å². The second-order valence-electron chi connectivity index (χ2n) is 7.03. The second-order valence-corrected chi connectivity index (χ2v) is 8.97. The van der Waals surface area contributed by atoms with Crippen LogP contribution in [0.3, 0.4) is 0 Å². The first kappa shape index (κ1) is 20.3. The molecule has 5 aromatic rings. The summed E-state index contributed by atoms with van der Waals surface area (Å²) in [7, 11) is 0. The van der Waals surface area contributed by atoms with Crippen molar-refractivity contribution >= 4 is 50.2 Å². The fourth-order valence-corrected chi connectivity index (χ4v) is 5.12. The summed E-state index contributed by atoms with van der Waals surface area (Å²) in [6, 6.07) is 17.4. The highest BCUT2D eigenvalue weighted by atomic mass is 32.1. The number of pyridine rings is 1. The van der Waals surface area contributed by atoms with E-state index in [9.17, 15) is 13.6 Å². The highest BCUT2D eigenvalue weighted by Crippen LogP contribution is 2.42. The van der Waals surface area contributed by atoms with E-state index in [1.807, 2.05) is 23.6 Å². The molecule has 0 unspecified atom stereocenters. The van der Waals surface area contributed by atoms with E-state index in [0.717, 1.165) is 21.7 Å². The summed E-state index contributed by atoms with van der Waals surface area (Å²) in [5.74, 6) is -1.13. The highest BCUT2D eigenvalue weighted by molar-refractivity contribution is 7.21. The number of carbonyl (C=O) groups excluding carboxylic acids is 1. The lowest BCUT2D eigenvalue weighted by Crippen LogP contribution is -2.11. The third-order valence-corrected chi connectivity index (χ3v) is 6.93. The van der Waals surface area contributed by atoms with Gasteiger partial charge in [0.05, 0.1) is 16.3 Å². The van der Waals surface area contributed by atoms with Crippen LogP contribution in [0.2, 0.25) is 0 Å². The zero-order valence-corrected chi connectivity index (χ0v) is 18.1. The van der Waals surface area contributed by atoms with Gasteiger partial charge in [0.2, 0.25) is 0 Å². The normalized spacial score (nSPS) is 11.1. The van der Waals surface area contributed by atoms with Crippen LogP contribution in [-0.2, 0) is 0 Å². The summed E-state index contributed by atoms with van der Waals surface area (Å²) in [6.45, 7) is 0. The van der Waals surface area contributed by atoms with Gasteiger partial charge in [-0.3, -0.25) is 4.79 Å². The Bertz CT molecular complexity index is 1430. The molecule has 3 heterocycles. The quantitative estimate of drug-likeness (QED) is 0.308. The Balaban J connectivity index is 1.65. The Morgan fingerprint density at radius 1 is 0.969 bits per heavy atom. The van der Waals surface area contributed by atoms with Gasteiger partial charge in [-0.1, -0.05) is 18.2 Å². The van der Waals surface area contributed by atoms with Gasteiger partial charge in [-0.05, 0) is 65.0 Å². The molecule has 0 aliphatic heterocycles. The summed E-state index contributed by atoms with van der Waals surface area (Å²) in [4.78, 5) is 19.6. The van der Waals surface area contributed by atoms with Crippen molar-refractivity contribution in [2.75, 3.05) is 11.1 Å². The van der Waals surface area contributed by atoms with E-state index in [1.165, 1.54) is 47.7 Å². The van der Waals surface area contributed by atoms with Gasteiger partial charge in [0.1, 0.15) is 21.3 Å². The molecular formula is C24H15F2N3OS2. The Morgan fingerprint density at radius 2 is 1.66 bits per heavy atom. The second kappa shape index (κ2) is 8.14. The number of nitrogens with zero attached hydrogens (tertiary/aromatic N) is 1. The number of carbonyl (C=O) groups is 1. The van der Waals surface area contributed by atoms with Crippen LogP contribution in [0, 0.1) is 11.6 Å². The topological polar surface area (TPSA) is 68.0 Å². The third kappa shape index (κ3) is 3.74. The minimum absolute atomic E-state index is 0.300. The van der Waals surface area contributed by atoms with E-state index in [1.54, 1.807) is 23.5 Å². The van der Waals surface area contributed by atoms with Crippen molar-refractivity contribution < 1.29 is 13.6 Å². The van der Waals surface area contributed by atoms with Gasteiger partial charge in [-0.2, -0.15) is 0 Å². The monoisotopic (exact) mass is 463 g/mol. The number of amides is 1. The maximum absolute atomic E-state index is 13.5. The fourth-order valence-electron chi connectivity index (χ4n) is 3.42. The molecule has 0 atom stereocenters. The standard InChI is InChI=1S/C24H15F2N3OS2/c25-14-5-3-13(4-6-14)17-12-18(19-2-1-11-31-19)29-24-20(17)21(27)22(32-24)23(30)28-16-9-7-15(26)8-10-16/h1-12H,27H2,(H,28,30). The summed E-state index contributed by atoms with van der Waals surface area (Å²) in [5.41, 5.74) is 9.48. The Hall–Kier alpha value is -3.62. The third-order valence-electron chi connectivity index (χ3n) is 4.94. The van der Waals surface area contributed by atoms with Gasteiger partial charge in [0, 0.05) is 11.1 Å². The van der Waals surface area contributed by atoms with Gasteiger partial charge in [-0.25, -0.2) is 13.8 Å². The van der Waals surface area contributed by atoms with Crippen LogP contribution in [0.4, 0.5) is 20.2 Å². The van der Waals surface area contributed by atoms with Crippen LogP contribution in [-0.4, -0.2) is 10.9 Å². The van der Waals surface area contributed by atoms with Crippen LogP contribution in [0.25, 0.3) is 31.9 Å². The molecule has 3 aromatic heterocycles. The van der Waals surface area contributed by atoms with Crippen molar-refractivity contribution in [1.29, 1.82) is 0 Å². The van der Waals surface area contributed by atoms with Gasteiger partial charge in [-0.15, -0.1) is 22.7 Å². The van der Waals surface area contributed by atoms with E-state index in [-0.39, 0.29) is 5.82 Å². The molecule has 0 spiro atoms. The average molecular weight is 464 g/mol. The minimum Gasteiger partial charge on any atom is -0.397 e. The van der Waals surface area contributed by atoms with Crippen LogP contribution in [0.15, 0.2) is 72.1 Å². The molecule has 0 bridgehead atoms. The van der Waals surface area contributed by atoms with Crippen molar-refractivity contribution in [3.63, 3.8) is 0 Å². The zero-order chi connectivity index (χ0) is 22.2. The van der Waals surface area contributed by atoms with Crippen LogP contribution >= 0.6 is 22.7 Å². The van der Waals surface area contributed by atoms with Crippen LogP contribution in [0.1, 0.15) is 9.67 Å². The summed E-state index contributed by atoms with van der Waals surface area (Å²) in [5, 5.41) is 5.35. The number of fused-ring (bicyclic) bond motifs is 1. The van der Waals surface area contributed by atoms with E-state index in [2.05, 4.69) is 5.32 Å². The van der Waals surface area contributed by atoms with Crippen molar-refractivity contribution in [2.24, 2.45) is 0 Å². The fraction of sp³-hybridized carbons (Fsp3) is 0. The van der Waals surface area contributed by atoms with Crippen LogP contribution in [0.5, 0.6) is 0 Å². The van der Waals surface area contributed by atoms with E-state index >= 15 is 0 Å². The van der Waals surface area contributed by atoms with Crippen LogP contribution < -0.4 is 11.1 Å². The number of hydrogen-bond donors (Lipinski definition) is 2. The number of anilines is 2. The molecule has 8 heteroatoms. The first-order valence-electron chi connectivity index (χ1n) is 9.59. The zero-order valence-electron chi connectivity index (χ0n) is 16.4. The predicted molar refractivity (Wildman–Crippen MR) is 127 cm³/mol. The molecule has 0 aliphatic rings. The summed E-state index contributed by atoms with van der Waals surface area (Å²) >= 11 is 2.74. The lowest BCUT2D eigenvalue weighted by Gasteiger charge is -2.08. The molecule has 0 saturated heterocycles. The van der Waals surface area contributed by atoms with E-state index < -0.39 is 11.7 Å². The van der Waals surface area contributed by atoms with Crippen molar-refractivity contribution in [2.45, 2.75) is 0 Å². The number of aromatic nitrogens is 1. The molecular weight excluding hydrogens is 448 g/mol. The van der Waals surface area contributed by atoms with Gasteiger partial charge in [0.25, 0.3) is 5.91 Å². The molecule has 0 aliphatic carbocycles. The number of thiophene rings is 2. The lowest BCUT2D eigenvalue weighted by atomic mass is 10.0. The number of benzene rings is 2. The molecule has 4 nitrogen and oxygen atoms in total. The average Bonchev–Trinajstić information content (AvgIpc) is 3.44. The molecule has 0 fully saturated rings. The molecule has 158 valence electrons. The Labute approximate surface area is 190 Å².